The first-order valence-corrected chi connectivity index (χ1v) is 7.83. The van der Waals surface area contributed by atoms with Crippen molar-refractivity contribution in [3.8, 4) is 0 Å². The molecule has 0 aliphatic rings. The van der Waals surface area contributed by atoms with Crippen LogP contribution >= 0.6 is 11.6 Å². The topological polar surface area (TPSA) is 24.9 Å². The zero-order chi connectivity index (χ0) is 15.4. The number of hydrogen-bond acceptors (Lipinski definition) is 2. The molecular formula is C18H23ClN2. The highest BCUT2D eigenvalue weighted by molar-refractivity contribution is 6.31. The van der Waals surface area contributed by atoms with Crippen LogP contribution in [0, 0.1) is 20.8 Å². The van der Waals surface area contributed by atoms with Crippen molar-refractivity contribution >= 4 is 11.6 Å². The number of pyridine rings is 1. The lowest BCUT2D eigenvalue weighted by Gasteiger charge is -2.21. The molecular weight excluding hydrogens is 280 g/mol. The lowest BCUT2D eigenvalue weighted by atomic mass is 9.97. The van der Waals surface area contributed by atoms with E-state index in [-0.39, 0.29) is 6.04 Å². The van der Waals surface area contributed by atoms with E-state index >= 15 is 0 Å². The summed E-state index contributed by atoms with van der Waals surface area (Å²) >= 11 is 6.30. The van der Waals surface area contributed by atoms with Crippen molar-refractivity contribution in [1.29, 1.82) is 0 Å². The van der Waals surface area contributed by atoms with Crippen LogP contribution in [-0.2, 0) is 0 Å². The average molecular weight is 303 g/mol. The molecule has 2 rings (SSSR count). The van der Waals surface area contributed by atoms with E-state index in [4.69, 9.17) is 11.6 Å². The van der Waals surface area contributed by atoms with E-state index < -0.39 is 0 Å². The average Bonchev–Trinajstić information content (AvgIpc) is 2.42. The summed E-state index contributed by atoms with van der Waals surface area (Å²) in [5, 5.41) is 4.43. The first-order valence-electron chi connectivity index (χ1n) is 7.46. The number of aromatic nitrogens is 1. The van der Waals surface area contributed by atoms with Gasteiger partial charge in [-0.2, -0.15) is 0 Å². The van der Waals surface area contributed by atoms with Crippen LogP contribution < -0.4 is 5.32 Å². The minimum Gasteiger partial charge on any atom is -0.306 e. The van der Waals surface area contributed by atoms with E-state index in [1.807, 2.05) is 20.8 Å². The molecule has 0 saturated heterocycles. The van der Waals surface area contributed by atoms with Gasteiger partial charge in [-0.25, -0.2) is 0 Å². The fourth-order valence-electron chi connectivity index (χ4n) is 2.54. The first kappa shape index (κ1) is 16.0. The Morgan fingerprint density at radius 1 is 1.05 bits per heavy atom. The number of rotatable bonds is 5. The van der Waals surface area contributed by atoms with Gasteiger partial charge < -0.3 is 5.32 Å². The lowest BCUT2D eigenvalue weighted by Crippen LogP contribution is -2.23. The molecule has 0 spiro atoms. The monoisotopic (exact) mass is 302 g/mol. The van der Waals surface area contributed by atoms with E-state index in [0.29, 0.717) is 0 Å². The van der Waals surface area contributed by atoms with Crippen molar-refractivity contribution in [3.05, 3.63) is 63.4 Å². The van der Waals surface area contributed by atoms with Gasteiger partial charge in [0.1, 0.15) is 0 Å². The van der Waals surface area contributed by atoms with Gasteiger partial charge in [-0.1, -0.05) is 30.7 Å². The fraction of sp³-hybridized carbons (Fsp3) is 0.389. The van der Waals surface area contributed by atoms with Gasteiger partial charge in [0.05, 0.1) is 6.04 Å². The van der Waals surface area contributed by atoms with Crippen molar-refractivity contribution < 1.29 is 0 Å². The third kappa shape index (κ3) is 4.05. The summed E-state index contributed by atoms with van der Waals surface area (Å²) in [6.45, 7) is 9.25. The summed E-state index contributed by atoms with van der Waals surface area (Å²) < 4.78 is 0. The van der Waals surface area contributed by atoms with Gasteiger partial charge in [-0.05, 0) is 68.6 Å². The van der Waals surface area contributed by atoms with Gasteiger partial charge in [0.25, 0.3) is 0 Å². The van der Waals surface area contributed by atoms with Gasteiger partial charge in [0.15, 0.2) is 0 Å². The van der Waals surface area contributed by atoms with E-state index in [1.165, 1.54) is 11.1 Å². The molecule has 1 atom stereocenters. The predicted molar refractivity (Wildman–Crippen MR) is 90.0 cm³/mol. The lowest BCUT2D eigenvalue weighted by molar-refractivity contribution is 0.597. The molecule has 1 heterocycles. The Hall–Kier alpha value is -1.38. The van der Waals surface area contributed by atoms with Crippen LogP contribution in [0.4, 0.5) is 0 Å². The van der Waals surface area contributed by atoms with Crippen LogP contribution in [0.5, 0.6) is 0 Å². The van der Waals surface area contributed by atoms with E-state index in [1.54, 1.807) is 0 Å². The van der Waals surface area contributed by atoms with Crippen molar-refractivity contribution in [2.24, 2.45) is 0 Å². The van der Waals surface area contributed by atoms with Crippen molar-refractivity contribution in [2.75, 3.05) is 6.54 Å². The quantitative estimate of drug-likeness (QED) is 0.862. The predicted octanol–water partition coefficient (Wildman–Crippen LogP) is 4.75. The number of nitrogens with zero attached hydrogens (tertiary/aromatic N) is 1. The van der Waals surface area contributed by atoms with Crippen molar-refractivity contribution in [3.63, 3.8) is 0 Å². The normalized spacial score (nSPS) is 12.4. The largest absolute Gasteiger partial charge is 0.306 e. The Bertz CT molecular complexity index is 602. The third-order valence-electron chi connectivity index (χ3n) is 3.56. The van der Waals surface area contributed by atoms with Crippen LogP contribution in [0.3, 0.4) is 0 Å². The number of halogens is 1. The molecule has 0 bridgehead atoms. The van der Waals surface area contributed by atoms with Crippen LogP contribution in [0.2, 0.25) is 5.02 Å². The Balaban J connectivity index is 2.43. The Labute approximate surface area is 132 Å². The van der Waals surface area contributed by atoms with Gasteiger partial charge >= 0.3 is 0 Å². The number of hydrogen-bond donors (Lipinski definition) is 1. The highest BCUT2D eigenvalue weighted by Gasteiger charge is 2.15. The molecule has 2 aromatic rings. The highest BCUT2D eigenvalue weighted by atomic mass is 35.5. The van der Waals surface area contributed by atoms with Crippen LogP contribution in [0.15, 0.2) is 30.3 Å². The summed E-state index contributed by atoms with van der Waals surface area (Å²) in [7, 11) is 0. The van der Waals surface area contributed by atoms with E-state index in [0.717, 1.165) is 34.9 Å². The van der Waals surface area contributed by atoms with Crippen molar-refractivity contribution in [2.45, 2.75) is 40.2 Å². The molecule has 21 heavy (non-hydrogen) atoms. The van der Waals surface area contributed by atoms with Gasteiger partial charge in [0.2, 0.25) is 0 Å². The third-order valence-corrected chi connectivity index (χ3v) is 3.97. The molecule has 0 radical (unpaired) electrons. The molecule has 1 aromatic carbocycles. The molecule has 1 aromatic heterocycles. The van der Waals surface area contributed by atoms with E-state index in [2.05, 4.69) is 47.6 Å². The molecule has 0 aliphatic carbocycles. The smallest absolute Gasteiger partial charge is 0.0578 e. The zero-order valence-corrected chi connectivity index (χ0v) is 14.0. The van der Waals surface area contributed by atoms with Crippen LogP contribution in [0.1, 0.15) is 47.5 Å². The Kier molecular flexibility index (Phi) is 5.38. The number of nitrogens with one attached hydrogen (secondary N) is 1. The fourth-order valence-corrected chi connectivity index (χ4v) is 2.73. The second-order valence-electron chi connectivity index (χ2n) is 5.58. The van der Waals surface area contributed by atoms with Crippen LogP contribution in [0.25, 0.3) is 0 Å². The molecule has 112 valence electrons. The first-order chi connectivity index (χ1) is 10.0. The minimum absolute atomic E-state index is 0.156. The molecule has 0 saturated carbocycles. The molecule has 1 unspecified atom stereocenters. The second-order valence-corrected chi connectivity index (χ2v) is 5.99. The standard InChI is InChI=1S/C18H23ClN2/c1-5-8-20-18(15-7-6-12(2)17(19)11-15)16-9-13(3)21-14(4)10-16/h6-7,9-11,18,20H,5,8H2,1-4H3. The van der Waals surface area contributed by atoms with E-state index in [9.17, 15) is 0 Å². The van der Waals surface area contributed by atoms with Gasteiger partial charge in [-0.3, -0.25) is 4.98 Å². The molecule has 3 heteroatoms. The number of benzene rings is 1. The maximum atomic E-state index is 6.30. The number of aryl methyl sites for hydroxylation is 3. The summed E-state index contributed by atoms with van der Waals surface area (Å²) in [5.74, 6) is 0. The van der Waals surface area contributed by atoms with Crippen LogP contribution in [-0.4, -0.2) is 11.5 Å². The summed E-state index contributed by atoms with van der Waals surface area (Å²) in [6.07, 6.45) is 1.10. The maximum Gasteiger partial charge on any atom is 0.0578 e. The Morgan fingerprint density at radius 2 is 1.71 bits per heavy atom. The maximum absolute atomic E-state index is 6.30. The summed E-state index contributed by atoms with van der Waals surface area (Å²) in [5.41, 5.74) is 5.65. The second kappa shape index (κ2) is 7.06. The highest BCUT2D eigenvalue weighted by Crippen LogP contribution is 2.27. The summed E-state index contributed by atoms with van der Waals surface area (Å²) in [6, 6.07) is 10.7. The van der Waals surface area contributed by atoms with Gasteiger partial charge in [-0.15, -0.1) is 0 Å². The molecule has 2 nitrogen and oxygen atoms in total. The molecule has 0 fully saturated rings. The molecule has 0 amide bonds. The Morgan fingerprint density at radius 3 is 2.29 bits per heavy atom. The molecule has 1 N–H and O–H groups in total. The van der Waals surface area contributed by atoms with Crippen molar-refractivity contribution in [1.82, 2.24) is 10.3 Å². The zero-order valence-electron chi connectivity index (χ0n) is 13.2. The van der Waals surface area contributed by atoms with Gasteiger partial charge in [0, 0.05) is 16.4 Å². The SMILES string of the molecule is CCCNC(c1cc(C)nc(C)c1)c1ccc(C)c(Cl)c1. The minimum atomic E-state index is 0.156. The summed E-state index contributed by atoms with van der Waals surface area (Å²) in [4.78, 5) is 4.47. The molecule has 0 aliphatic heterocycles.